The second-order valence-corrected chi connectivity index (χ2v) is 6.39. The highest BCUT2D eigenvalue weighted by molar-refractivity contribution is 5.82. The summed E-state index contributed by atoms with van der Waals surface area (Å²) in [6, 6.07) is 0.446. The monoisotopic (exact) mass is 267 g/mol. The van der Waals surface area contributed by atoms with Crippen LogP contribution >= 0.6 is 0 Å². The van der Waals surface area contributed by atoms with Gasteiger partial charge in [0, 0.05) is 31.6 Å². The van der Waals surface area contributed by atoms with Crippen molar-refractivity contribution in [2.45, 2.75) is 45.6 Å². The second kappa shape index (κ2) is 6.23. The molecule has 0 saturated carbocycles. The Morgan fingerprint density at radius 2 is 1.89 bits per heavy atom. The van der Waals surface area contributed by atoms with Crippen molar-refractivity contribution in [1.29, 1.82) is 0 Å². The highest BCUT2D eigenvalue weighted by Crippen LogP contribution is 2.31. The highest BCUT2D eigenvalue weighted by atomic mass is 16.2. The molecule has 2 saturated heterocycles. The topological polar surface area (TPSA) is 35.6 Å². The fraction of sp³-hybridized carbons (Fsp3) is 0.933. The summed E-state index contributed by atoms with van der Waals surface area (Å²) in [5.74, 6) is 0.365. The molecule has 4 heteroatoms. The Balaban J connectivity index is 1.92. The molecule has 1 N–H and O–H groups in total. The molecule has 4 nitrogen and oxygen atoms in total. The number of amides is 1. The first-order valence-corrected chi connectivity index (χ1v) is 7.77. The highest BCUT2D eigenvalue weighted by Gasteiger charge is 2.38. The standard InChI is InChI=1S/C15H29N3O/c1-4-18-11-5-13(6-12-18)17(3)14(19)15(2)7-9-16-10-8-15/h13,16H,4-12H2,1-3H3. The van der Waals surface area contributed by atoms with Gasteiger partial charge in [0.15, 0.2) is 0 Å². The molecule has 0 atom stereocenters. The quantitative estimate of drug-likeness (QED) is 0.838. The first-order chi connectivity index (χ1) is 9.07. The Hall–Kier alpha value is -0.610. The van der Waals surface area contributed by atoms with Crippen LogP contribution in [-0.4, -0.2) is 61.5 Å². The van der Waals surface area contributed by atoms with Crippen molar-refractivity contribution in [3.63, 3.8) is 0 Å². The fourth-order valence-electron chi connectivity index (χ4n) is 3.41. The lowest BCUT2D eigenvalue weighted by atomic mass is 9.79. The zero-order chi connectivity index (χ0) is 13.9. The number of nitrogens with zero attached hydrogens (tertiary/aromatic N) is 2. The first-order valence-electron chi connectivity index (χ1n) is 7.77. The van der Waals surface area contributed by atoms with Crippen LogP contribution in [-0.2, 0) is 4.79 Å². The maximum absolute atomic E-state index is 12.8. The van der Waals surface area contributed by atoms with E-state index in [1.54, 1.807) is 0 Å². The minimum absolute atomic E-state index is 0.137. The van der Waals surface area contributed by atoms with E-state index in [0.717, 1.165) is 58.4 Å². The van der Waals surface area contributed by atoms with Gasteiger partial charge < -0.3 is 15.1 Å². The van der Waals surface area contributed by atoms with E-state index in [-0.39, 0.29) is 5.41 Å². The molecule has 1 amide bonds. The Kier molecular flexibility index (Phi) is 4.85. The van der Waals surface area contributed by atoms with Gasteiger partial charge in [0.2, 0.25) is 5.91 Å². The van der Waals surface area contributed by atoms with E-state index in [9.17, 15) is 4.79 Å². The molecule has 2 heterocycles. The fourth-order valence-corrected chi connectivity index (χ4v) is 3.41. The number of likely N-dealkylation sites (tertiary alicyclic amines) is 1. The van der Waals surface area contributed by atoms with Crippen LogP contribution in [0.3, 0.4) is 0 Å². The summed E-state index contributed by atoms with van der Waals surface area (Å²) in [7, 11) is 2.02. The molecular weight excluding hydrogens is 238 g/mol. The molecule has 2 aliphatic rings. The zero-order valence-corrected chi connectivity index (χ0v) is 12.7. The van der Waals surface area contributed by atoms with E-state index < -0.39 is 0 Å². The van der Waals surface area contributed by atoms with Crippen LogP contribution in [0.15, 0.2) is 0 Å². The predicted octanol–water partition coefficient (Wildman–Crippen LogP) is 1.32. The molecule has 0 bridgehead atoms. The van der Waals surface area contributed by atoms with Crippen LogP contribution < -0.4 is 5.32 Å². The van der Waals surface area contributed by atoms with Crippen molar-refractivity contribution in [1.82, 2.24) is 15.1 Å². The summed E-state index contributed by atoms with van der Waals surface area (Å²) >= 11 is 0. The van der Waals surface area contributed by atoms with Crippen molar-refractivity contribution in [2.75, 3.05) is 39.8 Å². The first kappa shape index (κ1) is 14.8. The number of hydrogen-bond acceptors (Lipinski definition) is 3. The number of rotatable bonds is 3. The molecule has 2 aliphatic heterocycles. The number of nitrogens with one attached hydrogen (secondary N) is 1. The van der Waals surface area contributed by atoms with E-state index in [1.165, 1.54) is 0 Å². The molecule has 19 heavy (non-hydrogen) atoms. The molecule has 0 unspecified atom stereocenters. The Labute approximate surface area is 117 Å². The minimum atomic E-state index is -0.137. The van der Waals surface area contributed by atoms with Crippen LogP contribution in [0, 0.1) is 5.41 Å². The molecule has 110 valence electrons. The van der Waals surface area contributed by atoms with E-state index in [4.69, 9.17) is 0 Å². The Morgan fingerprint density at radius 1 is 1.32 bits per heavy atom. The molecule has 0 aliphatic carbocycles. The average molecular weight is 267 g/mol. The van der Waals surface area contributed by atoms with Crippen molar-refractivity contribution in [3.8, 4) is 0 Å². The van der Waals surface area contributed by atoms with Gasteiger partial charge in [0.05, 0.1) is 0 Å². The summed E-state index contributed by atoms with van der Waals surface area (Å²) < 4.78 is 0. The van der Waals surface area contributed by atoms with Gasteiger partial charge in [-0.1, -0.05) is 13.8 Å². The van der Waals surface area contributed by atoms with Gasteiger partial charge >= 0.3 is 0 Å². The van der Waals surface area contributed by atoms with E-state index in [0.29, 0.717) is 11.9 Å². The van der Waals surface area contributed by atoms with Gasteiger partial charge in [-0.2, -0.15) is 0 Å². The number of piperidine rings is 2. The molecule has 2 rings (SSSR count). The van der Waals surface area contributed by atoms with Crippen LogP contribution in [0.1, 0.15) is 39.5 Å². The number of hydrogen-bond donors (Lipinski definition) is 1. The third-order valence-corrected chi connectivity index (χ3v) is 5.10. The van der Waals surface area contributed by atoms with Crippen LogP contribution in [0.4, 0.5) is 0 Å². The van der Waals surface area contributed by atoms with Crippen LogP contribution in [0.25, 0.3) is 0 Å². The lowest BCUT2D eigenvalue weighted by Crippen LogP contribution is -2.52. The summed E-state index contributed by atoms with van der Waals surface area (Å²) in [5, 5.41) is 3.35. The smallest absolute Gasteiger partial charge is 0.228 e. The largest absolute Gasteiger partial charge is 0.342 e. The van der Waals surface area contributed by atoms with Crippen LogP contribution in [0.5, 0.6) is 0 Å². The molecule has 0 aromatic heterocycles. The maximum atomic E-state index is 12.8. The van der Waals surface area contributed by atoms with Crippen molar-refractivity contribution in [2.24, 2.45) is 5.41 Å². The third kappa shape index (κ3) is 3.29. The Morgan fingerprint density at radius 3 is 2.42 bits per heavy atom. The van der Waals surface area contributed by atoms with Crippen molar-refractivity contribution < 1.29 is 4.79 Å². The molecular formula is C15H29N3O. The van der Waals surface area contributed by atoms with E-state index in [1.807, 2.05) is 7.05 Å². The summed E-state index contributed by atoms with van der Waals surface area (Å²) in [6.07, 6.45) is 4.21. The molecule has 2 fully saturated rings. The van der Waals surface area contributed by atoms with Gasteiger partial charge in [-0.05, 0) is 45.3 Å². The van der Waals surface area contributed by atoms with Gasteiger partial charge in [0.25, 0.3) is 0 Å². The third-order valence-electron chi connectivity index (χ3n) is 5.10. The zero-order valence-electron chi connectivity index (χ0n) is 12.7. The minimum Gasteiger partial charge on any atom is -0.342 e. The maximum Gasteiger partial charge on any atom is 0.228 e. The van der Waals surface area contributed by atoms with E-state index in [2.05, 4.69) is 29.0 Å². The number of carbonyl (C=O) groups excluding carboxylic acids is 1. The molecule has 0 aromatic rings. The van der Waals surface area contributed by atoms with Gasteiger partial charge in [-0.25, -0.2) is 0 Å². The van der Waals surface area contributed by atoms with Crippen molar-refractivity contribution >= 4 is 5.91 Å². The second-order valence-electron chi connectivity index (χ2n) is 6.39. The predicted molar refractivity (Wildman–Crippen MR) is 78.1 cm³/mol. The number of carbonyl (C=O) groups is 1. The lowest BCUT2D eigenvalue weighted by Gasteiger charge is -2.41. The lowest BCUT2D eigenvalue weighted by molar-refractivity contribution is -0.144. The summed E-state index contributed by atoms with van der Waals surface area (Å²) in [6.45, 7) is 9.72. The normalized spacial score (nSPS) is 25.2. The van der Waals surface area contributed by atoms with Crippen molar-refractivity contribution in [3.05, 3.63) is 0 Å². The SMILES string of the molecule is CCN1CCC(N(C)C(=O)C2(C)CCNCC2)CC1. The van der Waals surface area contributed by atoms with E-state index >= 15 is 0 Å². The van der Waals surface area contributed by atoms with Gasteiger partial charge in [-0.15, -0.1) is 0 Å². The van der Waals surface area contributed by atoms with Gasteiger partial charge in [-0.3, -0.25) is 4.79 Å². The summed E-state index contributed by atoms with van der Waals surface area (Å²) in [5.41, 5.74) is -0.137. The molecule has 0 radical (unpaired) electrons. The van der Waals surface area contributed by atoms with Gasteiger partial charge in [0.1, 0.15) is 0 Å². The average Bonchev–Trinajstić information content (AvgIpc) is 2.46. The molecule has 0 aromatic carbocycles. The Bertz CT molecular complexity index is 305. The molecule has 0 spiro atoms. The summed E-state index contributed by atoms with van der Waals surface area (Å²) in [4.78, 5) is 17.3. The van der Waals surface area contributed by atoms with Crippen LogP contribution in [0.2, 0.25) is 0 Å².